The molecule has 0 radical (unpaired) electrons. The molecule has 0 N–H and O–H groups in total. The molecular formula is C55H57NO. The lowest BCUT2D eigenvalue weighted by molar-refractivity contribution is 0.332. The summed E-state index contributed by atoms with van der Waals surface area (Å²) in [6.45, 7) is 24.4. The Morgan fingerprint density at radius 3 is 1.82 bits per heavy atom. The molecule has 0 atom stereocenters. The number of fused-ring (bicyclic) bond motifs is 8. The third-order valence-corrected chi connectivity index (χ3v) is 14.8. The van der Waals surface area contributed by atoms with Crippen molar-refractivity contribution < 1.29 is 4.42 Å². The third kappa shape index (κ3) is 5.28. The van der Waals surface area contributed by atoms with Crippen molar-refractivity contribution in [3.05, 3.63) is 149 Å². The van der Waals surface area contributed by atoms with E-state index in [0.29, 0.717) is 0 Å². The van der Waals surface area contributed by atoms with Crippen LogP contribution < -0.4 is 4.90 Å². The van der Waals surface area contributed by atoms with Gasteiger partial charge in [0.2, 0.25) is 0 Å². The van der Waals surface area contributed by atoms with Gasteiger partial charge in [-0.05, 0) is 134 Å². The van der Waals surface area contributed by atoms with Crippen LogP contribution in [0, 0.1) is 0 Å². The molecule has 0 saturated heterocycles. The maximum Gasteiger partial charge on any atom is 0.159 e. The lowest BCUT2D eigenvalue weighted by atomic mass is 9.61. The number of para-hydroxylation sites is 2. The van der Waals surface area contributed by atoms with Crippen molar-refractivity contribution in [2.24, 2.45) is 0 Å². The zero-order valence-electron chi connectivity index (χ0n) is 35.7. The predicted molar refractivity (Wildman–Crippen MR) is 242 cm³/mol. The van der Waals surface area contributed by atoms with E-state index in [1.54, 1.807) is 0 Å². The van der Waals surface area contributed by atoms with Gasteiger partial charge in [0.1, 0.15) is 5.58 Å². The fourth-order valence-electron chi connectivity index (χ4n) is 11.1. The largest absolute Gasteiger partial charge is 0.454 e. The van der Waals surface area contributed by atoms with E-state index in [1.807, 2.05) is 0 Å². The minimum Gasteiger partial charge on any atom is -0.454 e. The van der Waals surface area contributed by atoms with Gasteiger partial charge in [-0.1, -0.05) is 148 Å². The molecule has 288 valence electrons. The highest BCUT2D eigenvalue weighted by Gasteiger charge is 2.42. The van der Waals surface area contributed by atoms with Crippen LogP contribution in [0.25, 0.3) is 44.2 Å². The van der Waals surface area contributed by atoms with Gasteiger partial charge >= 0.3 is 0 Å². The van der Waals surface area contributed by atoms with Crippen LogP contribution in [0.3, 0.4) is 0 Å². The second-order valence-electron chi connectivity index (χ2n) is 20.7. The van der Waals surface area contributed by atoms with Crippen LogP contribution in [-0.4, -0.2) is 0 Å². The van der Waals surface area contributed by atoms with Crippen molar-refractivity contribution in [2.75, 3.05) is 4.90 Å². The van der Waals surface area contributed by atoms with Crippen molar-refractivity contribution in [2.45, 2.75) is 122 Å². The Balaban J connectivity index is 1.35. The summed E-state index contributed by atoms with van der Waals surface area (Å²) in [6.07, 6.45) is 4.67. The number of rotatable bonds is 4. The second kappa shape index (κ2) is 12.0. The van der Waals surface area contributed by atoms with E-state index in [4.69, 9.17) is 4.42 Å². The van der Waals surface area contributed by atoms with Gasteiger partial charge in [-0.2, -0.15) is 0 Å². The average Bonchev–Trinajstić information content (AvgIpc) is 3.67. The van der Waals surface area contributed by atoms with Gasteiger partial charge in [0.05, 0.1) is 11.4 Å². The number of anilines is 3. The highest BCUT2D eigenvalue weighted by atomic mass is 16.3. The SMILES string of the molecule is CC1(C)CCC(C)(C)c2cc(N(c3cc4c(cc3-c3cccc5c3C(C)(C)CCC5(C)C)-c3ccccc3C4(C)C)c3cccc4c3oc3ccccc34)ccc21. The summed E-state index contributed by atoms with van der Waals surface area (Å²) in [5.74, 6) is 0. The monoisotopic (exact) mass is 747 g/mol. The molecule has 1 heterocycles. The van der Waals surface area contributed by atoms with E-state index in [9.17, 15) is 0 Å². The minimum atomic E-state index is -0.171. The second-order valence-corrected chi connectivity index (χ2v) is 20.7. The summed E-state index contributed by atoms with van der Waals surface area (Å²) in [5.41, 5.74) is 19.3. The maximum atomic E-state index is 6.93. The molecule has 7 aromatic rings. The Kier molecular flexibility index (Phi) is 7.62. The van der Waals surface area contributed by atoms with Crippen molar-refractivity contribution in [1.29, 1.82) is 0 Å². The molecule has 0 spiro atoms. The normalized spacial score (nSPS) is 19.1. The third-order valence-electron chi connectivity index (χ3n) is 14.8. The van der Waals surface area contributed by atoms with Gasteiger partial charge < -0.3 is 9.32 Å². The lowest BCUT2D eigenvalue weighted by Crippen LogP contribution is -2.34. The topological polar surface area (TPSA) is 16.4 Å². The molecule has 0 unspecified atom stereocenters. The number of nitrogens with zero attached hydrogens (tertiary/aromatic N) is 1. The van der Waals surface area contributed by atoms with E-state index in [0.717, 1.165) is 40.5 Å². The molecule has 0 saturated carbocycles. The average molecular weight is 748 g/mol. The summed E-state index contributed by atoms with van der Waals surface area (Å²) in [5, 5.41) is 2.29. The Labute approximate surface area is 339 Å². The van der Waals surface area contributed by atoms with E-state index < -0.39 is 0 Å². The number of hydrogen-bond donors (Lipinski definition) is 0. The first-order valence-electron chi connectivity index (χ1n) is 21.3. The predicted octanol–water partition coefficient (Wildman–Crippen LogP) is 15.7. The van der Waals surface area contributed by atoms with Crippen LogP contribution in [0.1, 0.15) is 128 Å². The fourth-order valence-corrected chi connectivity index (χ4v) is 11.1. The molecule has 6 aromatic carbocycles. The maximum absolute atomic E-state index is 6.93. The highest BCUT2D eigenvalue weighted by molar-refractivity contribution is 6.11. The molecule has 3 aliphatic rings. The summed E-state index contributed by atoms with van der Waals surface area (Å²) in [7, 11) is 0. The number of hydrogen-bond acceptors (Lipinski definition) is 2. The van der Waals surface area contributed by atoms with Gasteiger partial charge in [0.25, 0.3) is 0 Å². The van der Waals surface area contributed by atoms with Crippen LogP contribution in [0.15, 0.2) is 120 Å². The van der Waals surface area contributed by atoms with Gasteiger partial charge in [-0.25, -0.2) is 0 Å². The van der Waals surface area contributed by atoms with Crippen LogP contribution in [-0.2, 0) is 27.1 Å². The smallest absolute Gasteiger partial charge is 0.159 e. The van der Waals surface area contributed by atoms with E-state index in [-0.39, 0.29) is 27.1 Å². The minimum absolute atomic E-state index is 0.0138. The zero-order chi connectivity index (χ0) is 39.9. The summed E-state index contributed by atoms with van der Waals surface area (Å²) in [6, 6.07) is 43.9. The molecule has 1 aromatic heterocycles. The van der Waals surface area contributed by atoms with E-state index >= 15 is 0 Å². The van der Waals surface area contributed by atoms with Gasteiger partial charge in [-0.3, -0.25) is 0 Å². The van der Waals surface area contributed by atoms with Crippen LogP contribution in [0.4, 0.5) is 17.1 Å². The fraction of sp³-hybridized carbons (Fsp3) is 0.345. The molecule has 0 aliphatic heterocycles. The molecule has 2 nitrogen and oxygen atoms in total. The van der Waals surface area contributed by atoms with Gasteiger partial charge in [-0.15, -0.1) is 0 Å². The van der Waals surface area contributed by atoms with E-state index in [1.165, 1.54) is 79.9 Å². The first-order chi connectivity index (χ1) is 27.0. The number of furan rings is 1. The molecular weight excluding hydrogens is 691 g/mol. The van der Waals surface area contributed by atoms with Crippen molar-refractivity contribution in [3.8, 4) is 22.3 Å². The van der Waals surface area contributed by atoms with Crippen molar-refractivity contribution in [1.82, 2.24) is 0 Å². The first kappa shape index (κ1) is 36.3. The molecule has 10 rings (SSSR count). The highest BCUT2D eigenvalue weighted by Crippen LogP contribution is 2.57. The van der Waals surface area contributed by atoms with Crippen molar-refractivity contribution in [3.63, 3.8) is 0 Å². The van der Waals surface area contributed by atoms with Gasteiger partial charge in [0.15, 0.2) is 5.58 Å². The summed E-state index contributed by atoms with van der Waals surface area (Å²) >= 11 is 0. The zero-order valence-corrected chi connectivity index (χ0v) is 35.7. The Morgan fingerprint density at radius 2 is 1.04 bits per heavy atom. The Morgan fingerprint density at radius 1 is 0.421 bits per heavy atom. The molecule has 0 fully saturated rings. The molecule has 57 heavy (non-hydrogen) atoms. The van der Waals surface area contributed by atoms with Gasteiger partial charge in [0, 0.05) is 27.4 Å². The molecule has 0 bridgehead atoms. The number of benzene rings is 6. The van der Waals surface area contributed by atoms with Crippen LogP contribution >= 0.6 is 0 Å². The summed E-state index contributed by atoms with van der Waals surface area (Å²) < 4.78 is 6.93. The van der Waals surface area contributed by atoms with Crippen LogP contribution in [0.2, 0.25) is 0 Å². The van der Waals surface area contributed by atoms with E-state index in [2.05, 4.69) is 189 Å². The Hall–Kier alpha value is -5.08. The van der Waals surface area contributed by atoms with Crippen molar-refractivity contribution >= 4 is 39.0 Å². The lowest BCUT2D eigenvalue weighted by Gasteiger charge is -2.44. The molecule has 2 heteroatoms. The molecule has 0 amide bonds. The standard InChI is InChI=1S/C55H57NO/c1-51(2)27-28-53(5,6)45-31-34(25-26-42(45)51)56(46-23-16-20-38-36-18-12-14-24-48(36)57-50(38)46)47-33-44-39(35-17-11-13-21-41(35)55(44,9)10)32-40(47)37-19-15-22-43-49(37)54(7,8)30-29-52(43,3)4/h11-26,31-33H,27-30H2,1-10H3. The molecule has 3 aliphatic carbocycles. The Bertz CT molecular complexity index is 2780. The summed E-state index contributed by atoms with van der Waals surface area (Å²) in [4.78, 5) is 2.57. The quantitative estimate of drug-likeness (QED) is 0.178. The first-order valence-corrected chi connectivity index (χ1v) is 21.3. The van der Waals surface area contributed by atoms with Crippen LogP contribution in [0.5, 0.6) is 0 Å².